The Bertz CT molecular complexity index is 1260. The average molecular weight is 467 g/mol. The van der Waals surface area contributed by atoms with Crippen molar-refractivity contribution in [3.63, 3.8) is 0 Å². The van der Waals surface area contributed by atoms with E-state index in [1.165, 1.54) is 35.7 Å². The Labute approximate surface area is 182 Å². The molecule has 0 aliphatic rings. The first-order valence-corrected chi connectivity index (χ1v) is 9.84. The summed E-state index contributed by atoms with van der Waals surface area (Å²) in [6, 6.07) is 2.33. The van der Waals surface area contributed by atoms with E-state index in [1.807, 2.05) is 0 Å². The summed E-state index contributed by atoms with van der Waals surface area (Å²) in [7, 11) is 0. The van der Waals surface area contributed by atoms with Crippen molar-refractivity contribution in [2.75, 3.05) is 5.32 Å². The van der Waals surface area contributed by atoms with Gasteiger partial charge in [-0.2, -0.15) is 18.6 Å². The highest BCUT2D eigenvalue weighted by atomic mass is 35.5. The van der Waals surface area contributed by atoms with E-state index in [1.54, 1.807) is 6.92 Å². The number of aromatic nitrogens is 6. The normalized spacial score (nSPS) is 12.3. The minimum atomic E-state index is -3.03. The molecule has 0 aliphatic carbocycles. The molecule has 1 amide bonds. The zero-order chi connectivity index (χ0) is 22.1. The molecule has 0 spiro atoms. The maximum Gasteiger partial charge on any atom is 0.387 e. The number of hydrogen-bond acceptors (Lipinski definition) is 9. The molecule has 10 nitrogen and oxygen atoms in total. The zero-order valence-electron chi connectivity index (χ0n) is 15.7. The molecule has 0 saturated heterocycles. The number of halogens is 3. The van der Waals surface area contributed by atoms with E-state index in [0.29, 0.717) is 22.2 Å². The molecular weight excluding hydrogens is 454 g/mol. The Hall–Kier alpha value is -3.45. The van der Waals surface area contributed by atoms with Crippen LogP contribution in [0.3, 0.4) is 0 Å². The number of amides is 1. The van der Waals surface area contributed by atoms with Crippen molar-refractivity contribution in [2.24, 2.45) is 5.73 Å². The van der Waals surface area contributed by atoms with Crippen LogP contribution >= 0.6 is 22.9 Å². The van der Waals surface area contributed by atoms with E-state index in [9.17, 15) is 13.6 Å². The van der Waals surface area contributed by atoms with E-state index in [0.717, 1.165) is 11.3 Å². The van der Waals surface area contributed by atoms with Crippen LogP contribution in [0, 0.1) is 0 Å². The lowest BCUT2D eigenvalue weighted by atomic mass is 10.2. The maximum absolute atomic E-state index is 12.8. The van der Waals surface area contributed by atoms with E-state index in [4.69, 9.17) is 17.3 Å². The maximum atomic E-state index is 12.8. The lowest BCUT2D eigenvalue weighted by Crippen LogP contribution is -2.15. The molecule has 4 rings (SSSR count). The average Bonchev–Trinajstić information content (AvgIpc) is 3.37. The molecule has 14 heteroatoms. The second-order valence-electron chi connectivity index (χ2n) is 6.17. The van der Waals surface area contributed by atoms with Crippen LogP contribution in [0.1, 0.15) is 28.5 Å². The van der Waals surface area contributed by atoms with E-state index >= 15 is 0 Å². The van der Waals surface area contributed by atoms with Gasteiger partial charge in [-0.15, -0.1) is 0 Å². The van der Waals surface area contributed by atoms with Crippen LogP contribution in [0.4, 0.5) is 14.6 Å². The lowest BCUT2D eigenvalue weighted by molar-refractivity contribution is -0.0489. The summed E-state index contributed by atoms with van der Waals surface area (Å²) in [5.74, 6) is 0.0251. The number of anilines is 1. The lowest BCUT2D eigenvalue weighted by Gasteiger charge is -2.16. The number of nitrogens with zero attached hydrogens (tertiary/aromatic N) is 6. The standard InChI is InChI=1S/C17H13ClF2N8O2S/c1-7(15-25-6-26-28(15)17-22-4-11(31-17)13(21)29)27-14-9-2-8(18)3-10(30-16(19)20)12(9)23-5-24-14/h2-7,16H,1H3,(H2,21,29)(H,23,24,27)/t7-/m0/s1. The summed E-state index contributed by atoms with van der Waals surface area (Å²) in [4.78, 5) is 28.2. The first-order valence-electron chi connectivity index (χ1n) is 8.65. The zero-order valence-corrected chi connectivity index (χ0v) is 17.2. The number of ether oxygens (including phenoxy) is 1. The van der Waals surface area contributed by atoms with Crippen LogP contribution in [0.5, 0.6) is 5.75 Å². The number of nitrogens with two attached hydrogens (primary N) is 1. The summed E-state index contributed by atoms with van der Waals surface area (Å²) >= 11 is 7.13. The van der Waals surface area contributed by atoms with Crippen LogP contribution in [0.25, 0.3) is 16.0 Å². The number of thiazole rings is 1. The number of rotatable bonds is 7. The molecule has 0 bridgehead atoms. The molecule has 31 heavy (non-hydrogen) atoms. The molecular formula is C17H13ClF2N8O2S. The fourth-order valence-electron chi connectivity index (χ4n) is 2.84. The molecule has 1 atom stereocenters. The molecule has 1 aromatic carbocycles. The van der Waals surface area contributed by atoms with Gasteiger partial charge < -0.3 is 15.8 Å². The molecule has 3 aromatic heterocycles. The summed E-state index contributed by atoms with van der Waals surface area (Å²) in [6.07, 6.45) is 3.91. The quantitative estimate of drug-likeness (QED) is 0.424. The van der Waals surface area contributed by atoms with Crippen molar-refractivity contribution in [1.82, 2.24) is 29.7 Å². The Balaban J connectivity index is 1.68. The number of hydrogen-bond donors (Lipinski definition) is 2. The topological polar surface area (TPSA) is 134 Å². The van der Waals surface area contributed by atoms with Gasteiger partial charge in [-0.3, -0.25) is 4.79 Å². The summed E-state index contributed by atoms with van der Waals surface area (Å²) in [6.45, 7) is -1.24. The number of fused-ring (bicyclic) bond motifs is 1. The molecule has 0 unspecified atom stereocenters. The van der Waals surface area contributed by atoms with Gasteiger partial charge in [0.1, 0.15) is 28.9 Å². The second-order valence-corrected chi connectivity index (χ2v) is 7.61. The van der Waals surface area contributed by atoms with Gasteiger partial charge >= 0.3 is 6.61 Å². The number of carbonyl (C=O) groups is 1. The Morgan fingerprint density at radius 2 is 2.06 bits per heavy atom. The smallest absolute Gasteiger partial charge is 0.387 e. The third-order valence-electron chi connectivity index (χ3n) is 4.12. The summed E-state index contributed by atoms with van der Waals surface area (Å²) in [5, 5.41) is 8.26. The van der Waals surface area contributed by atoms with Gasteiger partial charge in [0.05, 0.1) is 12.2 Å². The third-order valence-corrected chi connectivity index (χ3v) is 5.32. The minimum Gasteiger partial charge on any atom is -0.432 e. The van der Waals surface area contributed by atoms with Gasteiger partial charge in [0.15, 0.2) is 11.6 Å². The second kappa shape index (κ2) is 8.35. The molecule has 3 N–H and O–H groups in total. The van der Waals surface area contributed by atoms with Gasteiger partial charge in [-0.25, -0.2) is 19.9 Å². The fraction of sp³-hybridized carbons (Fsp3) is 0.176. The van der Waals surface area contributed by atoms with Crippen molar-refractivity contribution in [3.8, 4) is 10.9 Å². The van der Waals surface area contributed by atoms with Gasteiger partial charge in [-0.1, -0.05) is 22.9 Å². The SMILES string of the molecule is C[C@H](Nc1ncnc2c(OC(F)F)cc(Cl)cc12)c1ncnn1-c1ncc(C(N)=O)s1. The van der Waals surface area contributed by atoms with Crippen molar-refractivity contribution < 1.29 is 18.3 Å². The van der Waals surface area contributed by atoms with E-state index in [-0.39, 0.29) is 21.2 Å². The van der Waals surface area contributed by atoms with Gasteiger partial charge in [-0.05, 0) is 13.0 Å². The number of alkyl halides is 2. The molecule has 4 aromatic rings. The van der Waals surface area contributed by atoms with Crippen LogP contribution in [0.15, 0.2) is 31.0 Å². The first kappa shape index (κ1) is 20.8. The highest BCUT2D eigenvalue weighted by Gasteiger charge is 2.20. The van der Waals surface area contributed by atoms with Crippen molar-refractivity contribution in [1.29, 1.82) is 0 Å². The van der Waals surface area contributed by atoms with Crippen LogP contribution in [0.2, 0.25) is 5.02 Å². The van der Waals surface area contributed by atoms with Crippen molar-refractivity contribution >= 4 is 45.6 Å². The number of benzene rings is 1. The third kappa shape index (κ3) is 4.22. The fourth-order valence-corrected chi connectivity index (χ4v) is 3.79. The van der Waals surface area contributed by atoms with Crippen LogP contribution < -0.4 is 15.8 Å². The van der Waals surface area contributed by atoms with Gasteiger partial charge in [0.2, 0.25) is 5.13 Å². The molecule has 0 aliphatic heterocycles. The molecule has 0 fully saturated rings. The van der Waals surface area contributed by atoms with Gasteiger partial charge in [0.25, 0.3) is 5.91 Å². The largest absolute Gasteiger partial charge is 0.432 e. The monoisotopic (exact) mass is 466 g/mol. The van der Waals surface area contributed by atoms with Crippen molar-refractivity contribution in [2.45, 2.75) is 19.6 Å². The Kier molecular flexibility index (Phi) is 5.61. The summed E-state index contributed by atoms with van der Waals surface area (Å²) in [5.41, 5.74) is 5.45. The Morgan fingerprint density at radius 3 is 2.77 bits per heavy atom. The van der Waals surface area contributed by atoms with E-state index < -0.39 is 18.6 Å². The van der Waals surface area contributed by atoms with Gasteiger partial charge in [0, 0.05) is 16.5 Å². The number of primary amides is 1. The molecule has 160 valence electrons. The van der Waals surface area contributed by atoms with Crippen LogP contribution in [-0.4, -0.2) is 42.2 Å². The Morgan fingerprint density at radius 1 is 1.26 bits per heavy atom. The van der Waals surface area contributed by atoms with Crippen LogP contribution in [-0.2, 0) is 0 Å². The highest BCUT2D eigenvalue weighted by Crippen LogP contribution is 2.33. The summed E-state index contributed by atoms with van der Waals surface area (Å²) < 4.78 is 31.5. The number of carbonyl (C=O) groups excluding carboxylic acids is 1. The molecule has 0 saturated carbocycles. The van der Waals surface area contributed by atoms with Crippen molar-refractivity contribution in [3.05, 3.63) is 46.7 Å². The highest BCUT2D eigenvalue weighted by molar-refractivity contribution is 7.16. The predicted molar refractivity (Wildman–Crippen MR) is 109 cm³/mol. The first-order chi connectivity index (χ1) is 14.8. The minimum absolute atomic E-state index is 0.166. The van der Waals surface area contributed by atoms with E-state index in [2.05, 4.69) is 35.1 Å². The number of nitrogens with one attached hydrogen (secondary N) is 1. The molecule has 0 radical (unpaired) electrons. The predicted octanol–water partition coefficient (Wildman–Crippen LogP) is 3.19. The molecule has 3 heterocycles.